The van der Waals surface area contributed by atoms with Gasteiger partial charge in [0.2, 0.25) is 10.0 Å². The van der Waals surface area contributed by atoms with Gasteiger partial charge in [0.1, 0.15) is 5.82 Å². The Kier molecular flexibility index (Phi) is 6.08. The number of rotatable bonds is 7. The van der Waals surface area contributed by atoms with Crippen LogP contribution in [-0.4, -0.2) is 55.1 Å². The molecule has 7 nitrogen and oxygen atoms in total. The van der Waals surface area contributed by atoms with Crippen molar-refractivity contribution in [2.75, 3.05) is 37.7 Å². The largest absolute Gasteiger partial charge is 0.379 e. The number of hydrogen-bond donors (Lipinski definition) is 0. The average Bonchev–Trinajstić information content (AvgIpc) is 3.14. The van der Waals surface area contributed by atoms with Crippen LogP contribution in [-0.2, 0) is 27.8 Å². The zero-order valence-electron chi connectivity index (χ0n) is 17.5. The molecule has 0 saturated carbocycles. The third-order valence-corrected chi connectivity index (χ3v) is 7.45. The fourth-order valence-electron chi connectivity index (χ4n) is 3.92. The highest BCUT2D eigenvalue weighted by atomic mass is 32.2. The summed E-state index contributed by atoms with van der Waals surface area (Å²) in [4.78, 5) is 7.38. The highest BCUT2D eigenvalue weighted by Gasteiger charge is 2.27. The van der Waals surface area contributed by atoms with Crippen LogP contribution in [0.25, 0.3) is 11.0 Å². The molecule has 0 amide bonds. The molecule has 3 aromatic rings. The summed E-state index contributed by atoms with van der Waals surface area (Å²) in [5.74, 6) is 0.930. The minimum Gasteiger partial charge on any atom is -0.379 e. The first-order chi connectivity index (χ1) is 14.5. The molecule has 4 rings (SSSR count). The number of ether oxygens (including phenoxy) is 1. The number of benzene rings is 2. The Morgan fingerprint density at radius 2 is 1.80 bits per heavy atom. The van der Waals surface area contributed by atoms with Crippen LogP contribution >= 0.6 is 0 Å². The predicted molar refractivity (Wildman–Crippen MR) is 118 cm³/mol. The van der Waals surface area contributed by atoms with E-state index in [9.17, 15) is 8.42 Å². The summed E-state index contributed by atoms with van der Waals surface area (Å²) in [6.07, 6.45) is 0. The number of nitrogens with zero attached hydrogens (tertiary/aromatic N) is 4. The molecule has 0 aliphatic carbocycles. The molecule has 160 valence electrons. The van der Waals surface area contributed by atoms with Gasteiger partial charge < -0.3 is 14.2 Å². The topological polar surface area (TPSA) is 67.7 Å². The van der Waals surface area contributed by atoms with E-state index in [1.54, 1.807) is 12.1 Å². The molecule has 0 N–H and O–H groups in total. The Balaban J connectivity index is 1.68. The lowest BCUT2D eigenvalue weighted by Crippen LogP contribution is -2.40. The van der Waals surface area contributed by atoms with Gasteiger partial charge in [0.05, 0.1) is 35.7 Å². The number of anilines is 1. The molecule has 2 heterocycles. The van der Waals surface area contributed by atoms with Gasteiger partial charge in [-0.3, -0.25) is 0 Å². The molecule has 8 heteroatoms. The number of hydrogen-bond acceptors (Lipinski definition) is 5. The fourth-order valence-corrected chi connectivity index (χ4v) is 5.35. The van der Waals surface area contributed by atoms with Gasteiger partial charge in [-0.15, -0.1) is 0 Å². The molecule has 30 heavy (non-hydrogen) atoms. The maximum atomic E-state index is 13.0. The highest BCUT2D eigenvalue weighted by molar-refractivity contribution is 7.89. The lowest BCUT2D eigenvalue weighted by Gasteiger charge is -2.26. The van der Waals surface area contributed by atoms with E-state index in [0.29, 0.717) is 43.3 Å². The molecule has 0 bridgehead atoms. The van der Waals surface area contributed by atoms with Crippen molar-refractivity contribution in [2.45, 2.75) is 31.8 Å². The molecule has 0 spiro atoms. The Hall–Kier alpha value is -2.42. The van der Waals surface area contributed by atoms with Crippen molar-refractivity contribution in [3.05, 3.63) is 54.4 Å². The molecule has 0 radical (unpaired) electrons. The Labute approximate surface area is 177 Å². The van der Waals surface area contributed by atoms with E-state index >= 15 is 0 Å². The van der Waals surface area contributed by atoms with Crippen molar-refractivity contribution < 1.29 is 13.2 Å². The fraction of sp³-hybridized carbons (Fsp3) is 0.409. The molecule has 1 aliphatic rings. The summed E-state index contributed by atoms with van der Waals surface area (Å²) in [6.45, 7) is 8.14. The van der Waals surface area contributed by atoms with Gasteiger partial charge in [0.15, 0.2) is 0 Å². The van der Waals surface area contributed by atoms with E-state index in [2.05, 4.69) is 35.4 Å². The van der Waals surface area contributed by atoms with Crippen molar-refractivity contribution in [1.82, 2.24) is 13.9 Å². The third-order valence-electron chi connectivity index (χ3n) is 5.56. The number of aryl methyl sites for hydroxylation is 1. The van der Waals surface area contributed by atoms with Crippen LogP contribution in [0, 0.1) is 0 Å². The van der Waals surface area contributed by atoms with Gasteiger partial charge in [-0.05, 0) is 44.2 Å². The summed E-state index contributed by atoms with van der Waals surface area (Å²) < 4.78 is 35.0. The molecule has 2 aromatic carbocycles. The van der Waals surface area contributed by atoms with Crippen LogP contribution in [0.2, 0.25) is 0 Å². The molecule has 0 unspecified atom stereocenters. The maximum Gasteiger partial charge on any atom is 0.243 e. The number of imidazole rings is 1. The standard InChI is InChI=1S/C22H28N4O3S/c1-3-24(18-8-6-5-7-9-18)17-22-23-20-16-19(10-11-21(20)26(22)4-2)30(27,28)25-12-14-29-15-13-25/h5-11,16H,3-4,12-15,17H2,1-2H3. The second-order valence-electron chi connectivity index (χ2n) is 7.29. The van der Waals surface area contributed by atoms with Gasteiger partial charge in [0.25, 0.3) is 0 Å². The van der Waals surface area contributed by atoms with Crippen LogP contribution in [0.3, 0.4) is 0 Å². The Bertz CT molecular complexity index is 1110. The lowest BCUT2D eigenvalue weighted by atomic mass is 10.3. The summed E-state index contributed by atoms with van der Waals surface area (Å²) in [5.41, 5.74) is 2.81. The number of para-hydroxylation sites is 1. The monoisotopic (exact) mass is 428 g/mol. The molecular formula is C22H28N4O3S. The minimum absolute atomic E-state index is 0.291. The zero-order valence-corrected chi connectivity index (χ0v) is 18.3. The van der Waals surface area contributed by atoms with E-state index < -0.39 is 10.0 Å². The van der Waals surface area contributed by atoms with Crippen molar-refractivity contribution in [3.8, 4) is 0 Å². The van der Waals surface area contributed by atoms with E-state index in [0.717, 1.165) is 30.1 Å². The van der Waals surface area contributed by atoms with Gasteiger partial charge in [-0.2, -0.15) is 4.31 Å². The molecule has 1 saturated heterocycles. The van der Waals surface area contributed by atoms with E-state index in [1.165, 1.54) is 4.31 Å². The maximum absolute atomic E-state index is 13.0. The number of fused-ring (bicyclic) bond motifs is 1. The normalized spacial score (nSPS) is 15.5. The van der Waals surface area contributed by atoms with E-state index in [-0.39, 0.29) is 0 Å². The van der Waals surface area contributed by atoms with Crippen molar-refractivity contribution in [1.29, 1.82) is 0 Å². The first-order valence-corrected chi connectivity index (χ1v) is 11.9. The highest BCUT2D eigenvalue weighted by Crippen LogP contribution is 2.25. The van der Waals surface area contributed by atoms with Crippen molar-refractivity contribution in [3.63, 3.8) is 0 Å². The van der Waals surface area contributed by atoms with Gasteiger partial charge >= 0.3 is 0 Å². The quantitative estimate of drug-likeness (QED) is 0.578. The van der Waals surface area contributed by atoms with E-state index in [1.807, 2.05) is 24.3 Å². The van der Waals surface area contributed by atoms with Gasteiger partial charge in [-0.25, -0.2) is 13.4 Å². The second kappa shape index (κ2) is 8.75. The summed E-state index contributed by atoms with van der Waals surface area (Å²) in [5, 5.41) is 0. The first kappa shape index (κ1) is 20.8. The van der Waals surface area contributed by atoms with Gasteiger partial charge in [-0.1, -0.05) is 18.2 Å². The van der Waals surface area contributed by atoms with Crippen molar-refractivity contribution in [2.24, 2.45) is 0 Å². The zero-order chi connectivity index (χ0) is 21.1. The third kappa shape index (κ3) is 3.95. The van der Waals surface area contributed by atoms with Crippen LogP contribution < -0.4 is 4.90 Å². The summed E-state index contributed by atoms with van der Waals surface area (Å²) in [6, 6.07) is 15.5. The number of sulfonamides is 1. The number of morpholine rings is 1. The predicted octanol–water partition coefficient (Wildman–Crippen LogP) is 3.10. The smallest absolute Gasteiger partial charge is 0.243 e. The second-order valence-corrected chi connectivity index (χ2v) is 9.23. The van der Waals surface area contributed by atoms with Crippen LogP contribution in [0.5, 0.6) is 0 Å². The van der Waals surface area contributed by atoms with E-state index in [4.69, 9.17) is 9.72 Å². The summed E-state index contributed by atoms with van der Waals surface area (Å²) in [7, 11) is -3.54. The molecule has 1 fully saturated rings. The first-order valence-electron chi connectivity index (χ1n) is 10.4. The minimum atomic E-state index is -3.54. The van der Waals surface area contributed by atoms with Crippen LogP contribution in [0.15, 0.2) is 53.4 Å². The van der Waals surface area contributed by atoms with Gasteiger partial charge in [0, 0.05) is 31.9 Å². The number of aromatic nitrogens is 2. The Morgan fingerprint density at radius 1 is 1.07 bits per heavy atom. The SMILES string of the molecule is CCN(Cc1nc2cc(S(=O)(=O)N3CCOCC3)ccc2n1CC)c1ccccc1. The molecule has 1 aliphatic heterocycles. The molecule has 0 atom stereocenters. The molecule has 1 aromatic heterocycles. The van der Waals surface area contributed by atoms with Crippen molar-refractivity contribution >= 4 is 26.7 Å². The van der Waals surface area contributed by atoms with Crippen LogP contribution in [0.1, 0.15) is 19.7 Å². The molecular weight excluding hydrogens is 400 g/mol. The lowest BCUT2D eigenvalue weighted by molar-refractivity contribution is 0.0730. The van der Waals surface area contributed by atoms with Crippen LogP contribution in [0.4, 0.5) is 5.69 Å². The summed E-state index contributed by atoms with van der Waals surface area (Å²) >= 11 is 0. The average molecular weight is 429 g/mol. The Morgan fingerprint density at radius 3 is 2.47 bits per heavy atom.